The molecular formula is C16H17N3O3. The molecule has 1 unspecified atom stereocenters. The monoisotopic (exact) mass is 299 g/mol. The van der Waals surface area contributed by atoms with Crippen LogP contribution in [-0.2, 0) is 9.59 Å². The van der Waals surface area contributed by atoms with E-state index in [1.807, 2.05) is 26.0 Å². The molecule has 0 aromatic heterocycles. The second-order valence-corrected chi connectivity index (χ2v) is 5.55. The third-order valence-corrected chi connectivity index (χ3v) is 3.62. The van der Waals surface area contributed by atoms with E-state index in [9.17, 15) is 14.4 Å². The van der Waals surface area contributed by atoms with Gasteiger partial charge in [-0.05, 0) is 30.0 Å². The minimum Gasteiger partial charge on any atom is -0.340 e. The fourth-order valence-corrected chi connectivity index (χ4v) is 2.27. The van der Waals surface area contributed by atoms with E-state index in [-0.39, 0.29) is 35.8 Å². The molecule has 6 nitrogen and oxygen atoms in total. The molecular weight excluding hydrogens is 282 g/mol. The highest BCUT2D eigenvalue weighted by molar-refractivity contribution is 6.04. The first-order valence-corrected chi connectivity index (χ1v) is 7.11. The van der Waals surface area contributed by atoms with Gasteiger partial charge in [-0.3, -0.25) is 19.7 Å². The van der Waals surface area contributed by atoms with Crippen molar-refractivity contribution in [1.29, 1.82) is 5.26 Å². The van der Waals surface area contributed by atoms with Crippen LogP contribution in [-0.4, -0.2) is 23.8 Å². The van der Waals surface area contributed by atoms with Gasteiger partial charge in [0.15, 0.2) is 0 Å². The van der Waals surface area contributed by atoms with Crippen LogP contribution in [0.3, 0.4) is 0 Å². The summed E-state index contributed by atoms with van der Waals surface area (Å²) < 4.78 is 0. The van der Waals surface area contributed by atoms with Crippen molar-refractivity contribution in [2.24, 2.45) is 0 Å². The minimum atomic E-state index is -0.751. The SMILES string of the molecule is CC(C)c1ccc(C#N)c(C(=O)NC2CCC(=O)NC2=O)c1. The molecule has 3 amide bonds. The molecule has 114 valence electrons. The van der Waals surface area contributed by atoms with Gasteiger partial charge in [0.25, 0.3) is 5.91 Å². The zero-order valence-corrected chi connectivity index (χ0v) is 12.5. The first-order chi connectivity index (χ1) is 10.4. The average Bonchev–Trinajstić information content (AvgIpc) is 2.49. The first-order valence-electron chi connectivity index (χ1n) is 7.11. The van der Waals surface area contributed by atoms with E-state index in [2.05, 4.69) is 10.6 Å². The first kappa shape index (κ1) is 15.7. The number of piperidine rings is 1. The Hall–Kier alpha value is -2.68. The number of imide groups is 1. The molecule has 0 saturated carbocycles. The summed E-state index contributed by atoms with van der Waals surface area (Å²) in [5, 5.41) is 13.9. The van der Waals surface area contributed by atoms with Crippen molar-refractivity contribution in [2.45, 2.75) is 38.6 Å². The predicted molar refractivity (Wildman–Crippen MR) is 78.9 cm³/mol. The van der Waals surface area contributed by atoms with Gasteiger partial charge in [-0.1, -0.05) is 19.9 Å². The van der Waals surface area contributed by atoms with E-state index in [1.165, 1.54) is 0 Å². The summed E-state index contributed by atoms with van der Waals surface area (Å²) in [6.07, 6.45) is 0.454. The number of nitriles is 1. The van der Waals surface area contributed by atoms with E-state index in [0.29, 0.717) is 0 Å². The van der Waals surface area contributed by atoms with Gasteiger partial charge in [0.2, 0.25) is 11.8 Å². The Bertz CT molecular complexity index is 674. The fourth-order valence-electron chi connectivity index (χ4n) is 2.27. The summed E-state index contributed by atoms with van der Waals surface area (Å²) in [7, 11) is 0. The number of rotatable bonds is 3. The van der Waals surface area contributed by atoms with Gasteiger partial charge in [-0.25, -0.2) is 0 Å². The van der Waals surface area contributed by atoms with Crippen LogP contribution >= 0.6 is 0 Å². The second-order valence-electron chi connectivity index (χ2n) is 5.55. The molecule has 1 heterocycles. The Kier molecular flexibility index (Phi) is 4.56. The third-order valence-electron chi connectivity index (χ3n) is 3.62. The molecule has 1 atom stereocenters. The topological polar surface area (TPSA) is 99.1 Å². The predicted octanol–water partition coefficient (Wildman–Crippen LogP) is 1.22. The fraction of sp³-hybridized carbons (Fsp3) is 0.375. The maximum absolute atomic E-state index is 12.4. The van der Waals surface area contributed by atoms with E-state index in [1.54, 1.807) is 12.1 Å². The Morgan fingerprint density at radius 1 is 1.41 bits per heavy atom. The van der Waals surface area contributed by atoms with Crippen molar-refractivity contribution in [3.05, 3.63) is 34.9 Å². The Morgan fingerprint density at radius 3 is 2.73 bits per heavy atom. The number of amides is 3. The van der Waals surface area contributed by atoms with Crippen molar-refractivity contribution in [1.82, 2.24) is 10.6 Å². The van der Waals surface area contributed by atoms with Crippen molar-refractivity contribution < 1.29 is 14.4 Å². The summed E-state index contributed by atoms with van der Waals surface area (Å²) in [6.45, 7) is 3.98. The molecule has 22 heavy (non-hydrogen) atoms. The zero-order chi connectivity index (χ0) is 16.3. The van der Waals surface area contributed by atoms with Crippen molar-refractivity contribution in [2.75, 3.05) is 0 Å². The normalized spacial score (nSPS) is 17.8. The summed E-state index contributed by atoms with van der Waals surface area (Å²) in [5.74, 6) is -1.11. The van der Waals surface area contributed by atoms with Crippen LogP contribution in [0.25, 0.3) is 0 Å². The molecule has 1 aromatic rings. The highest BCUT2D eigenvalue weighted by Gasteiger charge is 2.28. The van der Waals surface area contributed by atoms with Crippen LogP contribution in [0.4, 0.5) is 0 Å². The minimum absolute atomic E-state index is 0.188. The van der Waals surface area contributed by atoms with Gasteiger partial charge in [0, 0.05) is 6.42 Å². The van der Waals surface area contributed by atoms with Crippen molar-refractivity contribution in [3.63, 3.8) is 0 Å². The molecule has 1 aliphatic heterocycles. The number of carbonyl (C=O) groups excluding carboxylic acids is 3. The van der Waals surface area contributed by atoms with E-state index in [0.717, 1.165) is 5.56 Å². The van der Waals surface area contributed by atoms with Crippen molar-refractivity contribution >= 4 is 17.7 Å². The molecule has 1 aromatic carbocycles. The third kappa shape index (κ3) is 3.31. The Labute approximate surface area is 128 Å². The Morgan fingerprint density at radius 2 is 2.14 bits per heavy atom. The quantitative estimate of drug-likeness (QED) is 0.820. The number of nitrogens with zero attached hydrogens (tertiary/aromatic N) is 1. The van der Waals surface area contributed by atoms with E-state index < -0.39 is 17.9 Å². The molecule has 1 fully saturated rings. The second kappa shape index (κ2) is 6.39. The smallest absolute Gasteiger partial charge is 0.253 e. The molecule has 2 N–H and O–H groups in total. The van der Waals surface area contributed by atoms with Gasteiger partial charge < -0.3 is 5.32 Å². The lowest BCUT2D eigenvalue weighted by atomic mass is 9.97. The van der Waals surface area contributed by atoms with Crippen LogP contribution in [0, 0.1) is 11.3 Å². The number of nitrogens with one attached hydrogen (secondary N) is 2. The lowest BCUT2D eigenvalue weighted by Gasteiger charge is -2.22. The molecule has 6 heteroatoms. The van der Waals surface area contributed by atoms with Gasteiger partial charge in [-0.2, -0.15) is 5.26 Å². The zero-order valence-electron chi connectivity index (χ0n) is 12.5. The maximum atomic E-state index is 12.4. The lowest BCUT2D eigenvalue weighted by molar-refractivity contribution is -0.134. The summed E-state index contributed by atoms with van der Waals surface area (Å²) in [4.78, 5) is 35.2. The molecule has 2 rings (SSSR count). The molecule has 0 aliphatic carbocycles. The summed E-state index contributed by atoms with van der Waals surface area (Å²) >= 11 is 0. The van der Waals surface area contributed by atoms with Gasteiger partial charge in [0.1, 0.15) is 6.04 Å². The number of hydrogen-bond donors (Lipinski definition) is 2. The highest BCUT2D eigenvalue weighted by Crippen LogP contribution is 2.19. The Balaban J connectivity index is 2.22. The van der Waals surface area contributed by atoms with Crippen LogP contribution in [0.2, 0.25) is 0 Å². The molecule has 0 bridgehead atoms. The maximum Gasteiger partial charge on any atom is 0.253 e. The van der Waals surface area contributed by atoms with E-state index >= 15 is 0 Å². The summed E-state index contributed by atoms with van der Waals surface area (Å²) in [6, 6.07) is 6.32. The molecule has 0 spiro atoms. The lowest BCUT2D eigenvalue weighted by Crippen LogP contribution is -2.52. The van der Waals surface area contributed by atoms with Gasteiger partial charge in [0.05, 0.1) is 17.2 Å². The summed E-state index contributed by atoms with van der Waals surface area (Å²) in [5.41, 5.74) is 1.44. The van der Waals surface area contributed by atoms with Crippen LogP contribution in [0.5, 0.6) is 0 Å². The number of benzene rings is 1. The largest absolute Gasteiger partial charge is 0.340 e. The van der Waals surface area contributed by atoms with Gasteiger partial charge in [-0.15, -0.1) is 0 Å². The molecule has 0 radical (unpaired) electrons. The number of hydrogen-bond acceptors (Lipinski definition) is 4. The number of carbonyl (C=O) groups is 3. The molecule has 1 aliphatic rings. The standard InChI is InChI=1S/C16H17N3O3/c1-9(2)10-3-4-11(8-17)12(7-10)15(21)18-13-5-6-14(20)19-16(13)22/h3-4,7,9,13H,5-6H2,1-2H3,(H,18,21)(H,19,20,22). The van der Waals surface area contributed by atoms with Crippen LogP contribution in [0.1, 0.15) is 54.1 Å². The van der Waals surface area contributed by atoms with Crippen LogP contribution < -0.4 is 10.6 Å². The van der Waals surface area contributed by atoms with Gasteiger partial charge >= 0.3 is 0 Å². The van der Waals surface area contributed by atoms with Crippen molar-refractivity contribution in [3.8, 4) is 6.07 Å². The van der Waals surface area contributed by atoms with Crippen LogP contribution in [0.15, 0.2) is 18.2 Å². The average molecular weight is 299 g/mol. The highest BCUT2D eigenvalue weighted by atomic mass is 16.2. The van der Waals surface area contributed by atoms with E-state index in [4.69, 9.17) is 5.26 Å². The molecule has 1 saturated heterocycles.